The lowest BCUT2D eigenvalue weighted by atomic mass is 10.1. The molecule has 0 saturated heterocycles. The average molecular weight is 287 g/mol. The fraction of sp³-hybridized carbons (Fsp3) is 0.267. The summed E-state index contributed by atoms with van der Waals surface area (Å²) in [6, 6.07) is 7.56. The molecule has 2 N–H and O–H groups in total. The van der Waals surface area contributed by atoms with Gasteiger partial charge in [-0.1, -0.05) is 18.2 Å². The minimum absolute atomic E-state index is 0.202. The first kappa shape index (κ1) is 14.8. The topological polar surface area (TPSA) is 84.2 Å². The molecule has 2 rings (SSSR count). The number of rotatable bonds is 5. The Bertz CT molecular complexity index is 649. The van der Waals surface area contributed by atoms with E-state index < -0.39 is 17.9 Å². The number of nitrogens with zero attached hydrogens (tertiary/aromatic N) is 2. The maximum absolute atomic E-state index is 12.0. The molecule has 0 radical (unpaired) electrons. The van der Waals surface area contributed by atoms with Crippen LogP contribution in [-0.2, 0) is 18.3 Å². The van der Waals surface area contributed by atoms with E-state index in [1.807, 2.05) is 6.92 Å². The molecule has 21 heavy (non-hydrogen) atoms. The molecule has 1 atom stereocenters. The van der Waals surface area contributed by atoms with Crippen molar-refractivity contribution in [1.29, 1.82) is 0 Å². The van der Waals surface area contributed by atoms with Crippen molar-refractivity contribution in [3.63, 3.8) is 0 Å². The van der Waals surface area contributed by atoms with Crippen molar-refractivity contribution >= 4 is 11.9 Å². The van der Waals surface area contributed by atoms with E-state index in [0.717, 1.165) is 11.3 Å². The summed E-state index contributed by atoms with van der Waals surface area (Å²) in [5, 5.41) is 16.0. The van der Waals surface area contributed by atoms with Crippen LogP contribution in [0.4, 0.5) is 0 Å². The monoisotopic (exact) mass is 287 g/mol. The molecule has 2 aromatic rings. The number of nitrogens with one attached hydrogen (secondary N) is 1. The molecule has 0 saturated carbocycles. The van der Waals surface area contributed by atoms with Gasteiger partial charge in [0.25, 0.3) is 5.91 Å². The first-order valence-electron chi connectivity index (χ1n) is 6.55. The number of carbonyl (C=O) groups is 2. The highest BCUT2D eigenvalue weighted by Gasteiger charge is 2.22. The Morgan fingerprint density at radius 1 is 1.33 bits per heavy atom. The lowest BCUT2D eigenvalue weighted by Crippen LogP contribution is -2.42. The van der Waals surface area contributed by atoms with Crippen LogP contribution in [0, 0.1) is 6.92 Å². The van der Waals surface area contributed by atoms with Gasteiger partial charge in [-0.25, -0.2) is 4.79 Å². The number of hydrogen-bond donors (Lipinski definition) is 2. The van der Waals surface area contributed by atoms with Gasteiger partial charge in [0, 0.05) is 25.2 Å². The van der Waals surface area contributed by atoms with Crippen molar-refractivity contribution in [2.75, 3.05) is 0 Å². The van der Waals surface area contributed by atoms with Crippen LogP contribution in [0.2, 0.25) is 0 Å². The molecule has 1 aromatic carbocycles. The number of benzene rings is 1. The summed E-state index contributed by atoms with van der Waals surface area (Å²) in [6.45, 7) is 1.81. The molecule has 1 amide bonds. The molecular weight excluding hydrogens is 270 g/mol. The van der Waals surface area contributed by atoms with E-state index in [-0.39, 0.29) is 6.42 Å². The molecule has 0 fully saturated rings. The molecule has 1 heterocycles. The van der Waals surface area contributed by atoms with Gasteiger partial charge in [-0.3, -0.25) is 9.48 Å². The lowest BCUT2D eigenvalue weighted by molar-refractivity contribution is -0.139. The first-order valence-corrected chi connectivity index (χ1v) is 6.55. The molecule has 0 bridgehead atoms. The summed E-state index contributed by atoms with van der Waals surface area (Å²) in [6.07, 6.45) is 1.97. The highest BCUT2D eigenvalue weighted by atomic mass is 16.4. The standard InChI is InChI=1S/C15H17N3O3/c1-10-12(9-18(2)17-10)8-13(15(20)21)16-14(19)11-6-4-3-5-7-11/h3-7,9,13H,8H2,1-2H3,(H,16,19)(H,20,21). The number of carboxylic acid groups (broad SMARTS) is 1. The summed E-state index contributed by atoms with van der Waals surface area (Å²) >= 11 is 0. The number of aromatic nitrogens is 2. The van der Waals surface area contributed by atoms with E-state index in [4.69, 9.17) is 0 Å². The third kappa shape index (κ3) is 3.68. The van der Waals surface area contributed by atoms with Gasteiger partial charge in [-0.2, -0.15) is 5.10 Å². The van der Waals surface area contributed by atoms with E-state index in [0.29, 0.717) is 5.56 Å². The van der Waals surface area contributed by atoms with Crippen LogP contribution < -0.4 is 5.32 Å². The van der Waals surface area contributed by atoms with Crippen LogP contribution in [0.3, 0.4) is 0 Å². The summed E-state index contributed by atoms with van der Waals surface area (Å²) < 4.78 is 1.63. The van der Waals surface area contributed by atoms with Gasteiger partial charge in [-0.05, 0) is 24.6 Å². The second kappa shape index (κ2) is 6.21. The second-order valence-corrected chi connectivity index (χ2v) is 4.85. The predicted octanol–water partition coefficient (Wildman–Crippen LogP) is 1.15. The van der Waals surface area contributed by atoms with Crippen molar-refractivity contribution in [1.82, 2.24) is 15.1 Å². The lowest BCUT2D eigenvalue weighted by Gasteiger charge is -2.14. The van der Waals surface area contributed by atoms with Crippen LogP contribution in [0.25, 0.3) is 0 Å². The zero-order chi connectivity index (χ0) is 15.4. The van der Waals surface area contributed by atoms with Gasteiger partial charge in [-0.15, -0.1) is 0 Å². The van der Waals surface area contributed by atoms with Crippen LogP contribution in [-0.4, -0.2) is 32.8 Å². The Kier molecular flexibility index (Phi) is 4.37. The van der Waals surface area contributed by atoms with E-state index in [1.165, 1.54) is 0 Å². The van der Waals surface area contributed by atoms with Crippen molar-refractivity contribution in [2.45, 2.75) is 19.4 Å². The van der Waals surface area contributed by atoms with E-state index in [2.05, 4.69) is 10.4 Å². The molecule has 1 aromatic heterocycles. The molecule has 6 heteroatoms. The van der Waals surface area contributed by atoms with Gasteiger partial charge < -0.3 is 10.4 Å². The largest absolute Gasteiger partial charge is 0.480 e. The molecule has 0 aliphatic heterocycles. The molecule has 0 aliphatic rings. The van der Waals surface area contributed by atoms with Gasteiger partial charge in [0.1, 0.15) is 6.04 Å². The van der Waals surface area contributed by atoms with Crippen LogP contribution in [0.1, 0.15) is 21.6 Å². The number of aliphatic carboxylic acids is 1. The maximum atomic E-state index is 12.0. The van der Waals surface area contributed by atoms with Gasteiger partial charge in [0.15, 0.2) is 0 Å². The van der Waals surface area contributed by atoms with Crippen molar-refractivity contribution < 1.29 is 14.7 Å². The fourth-order valence-electron chi connectivity index (χ4n) is 2.10. The number of hydrogen-bond acceptors (Lipinski definition) is 3. The summed E-state index contributed by atoms with van der Waals surface area (Å²) in [5.74, 6) is -1.47. The van der Waals surface area contributed by atoms with Crippen molar-refractivity contribution in [3.05, 3.63) is 53.3 Å². The van der Waals surface area contributed by atoms with E-state index in [9.17, 15) is 14.7 Å². The van der Waals surface area contributed by atoms with Crippen molar-refractivity contribution in [3.8, 4) is 0 Å². The van der Waals surface area contributed by atoms with E-state index >= 15 is 0 Å². The minimum Gasteiger partial charge on any atom is -0.480 e. The number of amides is 1. The Hall–Kier alpha value is -2.63. The van der Waals surface area contributed by atoms with Crippen LogP contribution in [0.5, 0.6) is 0 Å². The van der Waals surface area contributed by atoms with Crippen LogP contribution in [0.15, 0.2) is 36.5 Å². The number of aryl methyl sites for hydroxylation is 2. The molecular formula is C15H17N3O3. The Labute approximate surface area is 122 Å². The Morgan fingerprint density at radius 3 is 2.52 bits per heavy atom. The van der Waals surface area contributed by atoms with Gasteiger partial charge in [0.2, 0.25) is 0 Å². The van der Waals surface area contributed by atoms with E-state index in [1.54, 1.807) is 48.3 Å². The zero-order valence-electron chi connectivity index (χ0n) is 11.9. The highest BCUT2D eigenvalue weighted by Crippen LogP contribution is 2.09. The maximum Gasteiger partial charge on any atom is 0.326 e. The zero-order valence-corrected chi connectivity index (χ0v) is 11.9. The number of carbonyl (C=O) groups excluding carboxylic acids is 1. The van der Waals surface area contributed by atoms with Crippen molar-refractivity contribution in [2.24, 2.45) is 7.05 Å². The molecule has 6 nitrogen and oxygen atoms in total. The molecule has 110 valence electrons. The molecule has 0 aliphatic carbocycles. The summed E-state index contributed by atoms with van der Waals surface area (Å²) in [7, 11) is 1.77. The SMILES string of the molecule is Cc1nn(C)cc1CC(NC(=O)c1ccccc1)C(=O)O. The fourth-order valence-corrected chi connectivity index (χ4v) is 2.10. The molecule has 1 unspecified atom stereocenters. The average Bonchev–Trinajstić information content (AvgIpc) is 2.77. The van der Waals surface area contributed by atoms with Gasteiger partial charge in [0.05, 0.1) is 5.69 Å². The second-order valence-electron chi connectivity index (χ2n) is 4.85. The minimum atomic E-state index is -1.07. The normalized spacial score (nSPS) is 11.9. The summed E-state index contributed by atoms with van der Waals surface area (Å²) in [5.41, 5.74) is 2.00. The predicted molar refractivity (Wildman–Crippen MR) is 77.0 cm³/mol. The Morgan fingerprint density at radius 2 is 2.00 bits per heavy atom. The third-order valence-corrected chi connectivity index (χ3v) is 3.18. The smallest absolute Gasteiger partial charge is 0.326 e. The van der Waals surface area contributed by atoms with Gasteiger partial charge >= 0.3 is 5.97 Å². The first-order chi connectivity index (χ1) is 9.97. The number of carboxylic acids is 1. The highest BCUT2D eigenvalue weighted by molar-refractivity contribution is 5.96. The quantitative estimate of drug-likeness (QED) is 0.864. The molecule has 0 spiro atoms. The summed E-state index contributed by atoms with van der Waals surface area (Å²) in [4.78, 5) is 23.4. The Balaban J connectivity index is 2.11. The van der Waals surface area contributed by atoms with Crippen LogP contribution >= 0.6 is 0 Å². The third-order valence-electron chi connectivity index (χ3n) is 3.18.